The maximum absolute atomic E-state index is 5.70. The van der Waals surface area contributed by atoms with Gasteiger partial charge in [-0.25, -0.2) is 0 Å². The van der Waals surface area contributed by atoms with Gasteiger partial charge in [0.1, 0.15) is 10.8 Å². The standard InChI is InChI=1S/C14H17N3OS/c1-2-10-3-7-12(8-4-10)18-14-17-16-13(19-14)9-15-11-5-6-11/h3-4,7-8,11,15H,2,5-6,9H2,1H3. The van der Waals surface area contributed by atoms with Gasteiger partial charge in [0.05, 0.1) is 6.54 Å². The van der Waals surface area contributed by atoms with E-state index < -0.39 is 0 Å². The monoisotopic (exact) mass is 275 g/mol. The van der Waals surface area contributed by atoms with Crippen LogP contribution in [0.1, 0.15) is 30.3 Å². The van der Waals surface area contributed by atoms with Gasteiger partial charge < -0.3 is 10.1 Å². The average molecular weight is 275 g/mol. The minimum absolute atomic E-state index is 0.608. The van der Waals surface area contributed by atoms with Crippen LogP contribution < -0.4 is 10.1 Å². The van der Waals surface area contributed by atoms with Gasteiger partial charge in [-0.3, -0.25) is 0 Å². The molecule has 1 saturated carbocycles. The van der Waals surface area contributed by atoms with E-state index in [4.69, 9.17) is 4.74 Å². The number of hydrogen-bond donors (Lipinski definition) is 1. The van der Waals surface area contributed by atoms with Crippen molar-refractivity contribution in [2.45, 2.75) is 38.8 Å². The summed E-state index contributed by atoms with van der Waals surface area (Å²) < 4.78 is 5.70. The molecule has 0 unspecified atom stereocenters. The molecule has 5 heteroatoms. The molecule has 0 bridgehead atoms. The van der Waals surface area contributed by atoms with Gasteiger partial charge in [0.25, 0.3) is 5.19 Å². The van der Waals surface area contributed by atoms with E-state index in [1.54, 1.807) is 0 Å². The lowest BCUT2D eigenvalue weighted by Crippen LogP contribution is -2.14. The molecular formula is C14H17N3OS. The van der Waals surface area contributed by atoms with Gasteiger partial charge in [0, 0.05) is 6.04 Å². The van der Waals surface area contributed by atoms with Crippen molar-refractivity contribution < 1.29 is 4.74 Å². The molecule has 1 aromatic heterocycles. The summed E-state index contributed by atoms with van der Waals surface area (Å²) in [4.78, 5) is 0. The predicted molar refractivity (Wildman–Crippen MR) is 75.7 cm³/mol. The van der Waals surface area contributed by atoms with E-state index in [0.29, 0.717) is 11.2 Å². The first-order valence-electron chi connectivity index (χ1n) is 6.66. The largest absolute Gasteiger partial charge is 0.430 e. The first-order valence-corrected chi connectivity index (χ1v) is 7.47. The van der Waals surface area contributed by atoms with Crippen LogP contribution >= 0.6 is 11.3 Å². The number of ether oxygens (including phenoxy) is 1. The van der Waals surface area contributed by atoms with Crippen molar-refractivity contribution in [3.63, 3.8) is 0 Å². The number of hydrogen-bond acceptors (Lipinski definition) is 5. The second kappa shape index (κ2) is 5.67. The van der Waals surface area contributed by atoms with E-state index in [0.717, 1.165) is 23.7 Å². The number of nitrogens with one attached hydrogen (secondary N) is 1. The van der Waals surface area contributed by atoms with E-state index in [1.165, 1.54) is 29.7 Å². The van der Waals surface area contributed by atoms with Gasteiger partial charge in [0.15, 0.2) is 0 Å². The molecule has 0 spiro atoms. The number of nitrogens with zero attached hydrogens (tertiary/aromatic N) is 2. The van der Waals surface area contributed by atoms with Crippen molar-refractivity contribution >= 4 is 11.3 Å². The zero-order valence-corrected chi connectivity index (χ0v) is 11.7. The Morgan fingerprint density at radius 1 is 1.26 bits per heavy atom. The Hall–Kier alpha value is -1.46. The van der Waals surface area contributed by atoms with Crippen LogP contribution in [0.15, 0.2) is 24.3 Å². The highest BCUT2D eigenvalue weighted by Gasteiger charge is 2.20. The highest BCUT2D eigenvalue weighted by molar-refractivity contribution is 7.13. The van der Waals surface area contributed by atoms with Crippen LogP contribution in [0, 0.1) is 0 Å². The Bertz CT molecular complexity index is 534. The fraction of sp³-hybridized carbons (Fsp3) is 0.429. The Kier molecular flexibility index (Phi) is 3.75. The summed E-state index contributed by atoms with van der Waals surface area (Å²) in [6.07, 6.45) is 3.61. The Labute approximate surface area is 116 Å². The zero-order chi connectivity index (χ0) is 13.1. The molecule has 1 N–H and O–H groups in total. The molecule has 0 radical (unpaired) electrons. The minimum atomic E-state index is 0.608. The lowest BCUT2D eigenvalue weighted by atomic mass is 10.2. The van der Waals surface area contributed by atoms with E-state index in [1.807, 2.05) is 12.1 Å². The molecule has 1 fully saturated rings. The molecular weight excluding hydrogens is 258 g/mol. The number of aromatic nitrogens is 2. The van der Waals surface area contributed by atoms with E-state index in [9.17, 15) is 0 Å². The van der Waals surface area contributed by atoms with Gasteiger partial charge >= 0.3 is 0 Å². The lowest BCUT2D eigenvalue weighted by Gasteiger charge is -2.01. The summed E-state index contributed by atoms with van der Waals surface area (Å²) >= 11 is 1.50. The smallest absolute Gasteiger partial charge is 0.299 e. The van der Waals surface area contributed by atoms with Crippen molar-refractivity contribution in [1.29, 1.82) is 0 Å². The van der Waals surface area contributed by atoms with Gasteiger partial charge in [-0.2, -0.15) is 0 Å². The molecule has 1 aliphatic carbocycles. The molecule has 1 heterocycles. The molecule has 0 atom stereocenters. The molecule has 1 aromatic carbocycles. The van der Waals surface area contributed by atoms with Gasteiger partial charge in [0.2, 0.25) is 0 Å². The Morgan fingerprint density at radius 2 is 2.05 bits per heavy atom. The second-order valence-corrected chi connectivity index (χ2v) is 5.74. The third-order valence-corrected chi connectivity index (χ3v) is 3.91. The van der Waals surface area contributed by atoms with Crippen LogP contribution in [0.3, 0.4) is 0 Å². The third kappa shape index (κ3) is 3.52. The first kappa shape index (κ1) is 12.6. The maximum Gasteiger partial charge on any atom is 0.299 e. The van der Waals surface area contributed by atoms with Crippen molar-refractivity contribution in [3.8, 4) is 10.9 Å². The van der Waals surface area contributed by atoms with Crippen molar-refractivity contribution in [1.82, 2.24) is 15.5 Å². The van der Waals surface area contributed by atoms with Crippen LogP contribution in [0.25, 0.3) is 0 Å². The third-order valence-electron chi connectivity index (χ3n) is 3.10. The number of aryl methyl sites for hydroxylation is 1. The quantitative estimate of drug-likeness (QED) is 0.879. The second-order valence-electron chi connectivity index (χ2n) is 4.72. The van der Waals surface area contributed by atoms with E-state index in [2.05, 4.69) is 34.6 Å². The van der Waals surface area contributed by atoms with Crippen molar-refractivity contribution in [2.24, 2.45) is 0 Å². The van der Waals surface area contributed by atoms with Crippen LogP contribution in [0.5, 0.6) is 10.9 Å². The lowest BCUT2D eigenvalue weighted by molar-refractivity contribution is 0.472. The fourth-order valence-electron chi connectivity index (χ4n) is 1.76. The Balaban J connectivity index is 1.58. The molecule has 19 heavy (non-hydrogen) atoms. The summed E-state index contributed by atoms with van der Waals surface area (Å²) in [6.45, 7) is 2.93. The summed E-state index contributed by atoms with van der Waals surface area (Å²) in [5, 5.41) is 13.2. The number of benzene rings is 1. The summed E-state index contributed by atoms with van der Waals surface area (Å²) in [7, 11) is 0. The van der Waals surface area contributed by atoms with Crippen LogP contribution in [-0.4, -0.2) is 16.2 Å². The molecule has 0 saturated heterocycles. The Morgan fingerprint density at radius 3 is 2.74 bits per heavy atom. The molecule has 1 aliphatic rings. The van der Waals surface area contributed by atoms with Crippen LogP contribution in [0.4, 0.5) is 0 Å². The molecule has 4 nitrogen and oxygen atoms in total. The molecule has 100 valence electrons. The first-order chi connectivity index (χ1) is 9.33. The van der Waals surface area contributed by atoms with Gasteiger partial charge in [-0.05, 0) is 37.0 Å². The van der Waals surface area contributed by atoms with E-state index in [-0.39, 0.29) is 0 Å². The molecule has 0 amide bonds. The maximum atomic E-state index is 5.70. The minimum Gasteiger partial charge on any atom is -0.430 e. The number of rotatable bonds is 6. The predicted octanol–water partition coefficient (Wildman–Crippen LogP) is 3.14. The fourth-order valence-corrected chi connectivity index (χ4v) is 2.42. The van der Waals surface area contributed by atoms with Gasteiger partial charge in [-0.1, -0.05) is 35.5 Å². The van der Waals surface area contributed by atoms with E-state index >= 15 is 0 Å². The highest BCUT2D eigenvalue weighted by atomic mass is 32.1. The van der Waals surface area contributed by atoms with Crippen LogP contribution in [-0.2, 0) is 13.0 Å². The topological polar surface area (TPSA) is 47.0 Å². The summed E-state index contributed by atoms with van der Waals surface area (Å²) in [5.74, 6) is 0.815. The normalized spacial score (nSPS) is 14.6. The zero-order valence-electron chi connectivity index (χ0n) is 10.9. The van der Waals surface area contributed by atoms with Gasteiger partial charge in [-0.15, -0.1) is 5.10 Å². The van der Waals surface area contributed by atoms with Crippen LogP contribution in [0.2, 0.25) is 0 Å². The molecule has 3 rings (SSSR count). The average Bonchev–Trinajstić information content (AvgIpc) is 3.17. The van der Waals surface area contributed by atoms with Crippen molar-refractivity contribution in [2.75, 3.05) is 0 Å². The summed E-state index contributed by atoms with van der Waals surface area (Å²) in [5.41, 5.74) is 1.30. The molecule has 0 aliphatic heterocycles. The summed E-state index contributed by atoms with van der Waals surface area (Å²) in [6, 6.07) is 8.79. The molecule has 2 aromatic rings. The van der Waals surface area contributed by atoms with Crippen molar-refractivity contribution in [3.05, 3.63) is 34.8 Å². The SMILES string of the molecule is CCc1ccc(Oc2nnc(CNC3CC3)s2)cc1. The highest BCUT2D eigenvalue weighted by Crippen LogP contribution is 2.26.